The van der Waals surface area contributed by atoms with Gasteiger partial charge in [-0.3, -0.25) is 9.59 Å². The number of carbonyl (C=O) groups is 2. The lowest BCUT2D eigenvalue weighted by Gasteiger charge is -2.11. The summed E-state index contributed by atoms with van der Waals surface area (Å²) in [5.74, 6) is 0.892. The molecule has 138 valence electrons. The largest absolute Gasteiger partial charge is 0.484 e. The Morgan fingerprint density at radius 3 is 2.96 bits per heavy atom. The predicted octanol–water partition coefficient (Wildman–Crippen LogP) is 2.03. The monoisotopic (exact) mass is 357 g/mol. The third-order valence-electron chi connectivity index (χ3n) is 4.24. The smallest absolute Gasteiger partial charge is 0.291 e. The highest BCUT2D eigenvalue weighted by molar-refractivity contribution is 6.02. The quantitative estimate of drug-likeness (QED) is 0.672. The summed E-state index contributed by atoms with van der Waals surface area (Å²) in [6.45, 7) is 2.70. The first-order chi connectivity index (χ1) is 12.7. The highest BCUT2D eigenvalue weighted by Crippen LogP contribution is 2.18. The summed E-state index contributed by atoms with van der Waals surface area (Å²) in [6, 6.07) is 10.1. The standard InChI is InChI=1S/C19H23N3O4/c23-18(21-9-7-14-6-8-20-12-14)13-26-16-4-1-3-15(11-16)22-19(24)17-5-2-10-25-17/h1-5,10-11,14,20H,6-9,12-13H2,(H,21,23)(H,22,24). The Morgan fingerprint density at radius 2 is 2.19 bits per heavy atom. The van der Waals surface area contributed by atoms with Crippen molar-refractivity contribution in [2.75, 3.05) is 31.6 Å². The van der Waals surface area contributed by atoms with E-state index in [9.17, 15) is 9.59 Å². The molecule has 2 amide bonds. The van der Waals surface area contributed by atoms with Gasteiger partial charge in [0, 0.05) is 18.3 Å². The third-order valence-corrected chi connectivity index (χ3v) is 4.24. The molecule has 26 heavy (non-hydrogen) atoms. The average Bonchev–Trinajstić information content (AvgIpc) is 3.34. The normalized spacial score (nSPS) is 16.2. The summed E-state index contributed by atoms with van der Waals surface area (Å²) in [7, 11) is 0. The van der Waals surface area contributed by atoms with E-state index >= 15 is 0 Å². The fourth-order valence-electron chi connectivity index (χ4n) is 2.84. The number of rotatable bonds is 8. The molecule has 1 aliphatic heterocycles. The van der Waals surface area contributed by atoms with Crippen LogP contribution in [0.1, 0.15) is 23.4 Å². The van der Waals surface area contributed by atoms with E-state index in [1.807, 2.05) is 0 Å². The van der Waals surface area contributed by atoms with Crippen LogP contribution in [-0.2, 0) is 4.79 Å². The molecule has 1 atom stereocenters. The second kappa shape index (κ2) is 9.05. The van der Waals surface area contributed by atoms with Crippen LogP contribution in [0.2, 0.25) is 0 Å². The molecule has 1 saturated heterocycles. The first-order valence-corrected chi connectivity index (χ1v) is 8.76. The molecule has 1 fully saturated rings. The van der Waals surface area contributed by atoms with Crippen LogP contribution in [0.15, 0.2) is 47.1 Å². The molecule has 1 aromatic carbocycles. The van der Waals surface area contributed by atoms with Crippen LogP contribution >= 0.6 is 0 Å². The Kier molecular flexibility index (Phi) is 6.27. The summed E-state index contributed by atoms with van der Waals surface area (Å²) in [5.41, 5.74) is 0.568. The molecule has 7 heteroatoms. The molecule has 7 nitrogen and oxygen atoms in total. The van der Waals surface area contributed by atoms with Crippen LogP contribution in [0.5, 0.6) is 5.75 Å². The van der Waals surface area contributed by atoms with Gasteiger partial charge in [0.2, 0.25) is 0 Å². The van der Waals surface area contributed by atoms with Gasteiger partial charge < -0.3 is 25.1 Å². The lowest BCUT2D eigenvalue weighted by Crippen LogP contribution is -2.30. The lowest BCUT2D eigenvalue weighted by atomic mass is 10.1. The van der Waals surface area contributed by atoms with Crippen molar-refractivity contribution in [1.82, 2.24) is 10.6 Å². The van der Waals surface area contributed by atoms with Gasteiger partial charge in [0.15, 0.2) is 12.4 Å². The van der Waals surface area contributed by atoms with Crippen molar-refractivity contribution in [2.45, 2.75) is 12.8 Å². The molecule has 0 aliphatic carbocycles. The summed E-state index contributed by atoms with van der Waals surface area (Å²) in [5, 5.41) is 8.90. The minimum atomic E-state index is -0.341. The number of anilines is 1. The van der Waals surface area contributed by atoms with Crippen molar-refractivity contribution in [2.24, 2.45) is 5.92 Å². The van der Waals surface area contributed by atoms with Crippen LogP contribution in [0, 0.1) is 5.92 Å². The van der Waals surface area contributed by atoms with E-state index in [-0.39, 0.29) is 24.2 Å². The molecule has 0 spiro atoms. The second-order valence-electron chi connectivity index (χ2n) is 6.25. The molecule has 0 bridgehead atoms. The Balaban J connectivity index is 1.41. The molecule has 3 N–H and O–H groups in total. The van der Waals surface area contributed by atoms with E-state index in [4.69, 9.17) is 9.15 Å². The summed E-state index contributed by atoms with van der Waals surface area (Å²) >= 11 is 0. The highest BCUT2D eigenvalue weighted by Gasteiger charge is 2.14. The van der Waals surface area contributed by atoms with Crippen molar-refractivity contribution >= 4 is 17.5 Å². The number of amides is 2. The van der Waals surface area contributed by atoms with E-state index in [2.05, 4.69) is 16.0 Å². The maximum Gasteiger partial charge on any atom is 0.291 e. The van der Waals surface area contributed by atoms with Crippen LogP contribution in [0.25, 0.3) is 0 Å². The first-order valence-electron chi connectivity index (χ1n) is 8.76. The SMILES string of the molecule is O=C(COc1cccc(NC(=O)c2ccco2)c1)NCCC1CCNC1. The predicted molar refractivity (Wildman–Crippen MR) is 97.2 cm³/mol. The number of hydrogen-bond acceptors (Lipinski definition) is 5. The van der Waals surface area contributed by atoms with Gasteiger partial charge in [-0.2, -0.15) is 0 Å². The van der Waals surface area contributed by atoms with E-state index in [0.29, 0.717) is 23.9 Å². The van der Waals surface area contributed by atoms with Crippen LogP contribution < -0.4 is 20.7 Å². The Labute approximate surface area is 152 Å². The fourth-order valence-corrected chi connectivity index (χ4v) is 2.84. The number of nitrogens with one attached hydrogen (secondary N) is 3. The fraction of sp³-hybridized carbons (Fsp3) is 0.368. The zero-order valence-electron chi connectivity index (χ0n) is 14.5. The number of furan rings is 1. The highest BCUT2D eigenvalue weighted by atomic mass is 16.5. The number of hydrogen-bond donors (Lipinski definition) is 3. The average molecular weight is 357 g/mol. The number of carbonyl (C=O) groups excluding carboxylic acids is 2. The van der Waals surface area contributed by atoms with E-state index < -0.39 is 0 Å². The number of benzene rings is 1. The topological polar surface area (TPSA) is 92.6 Å². The van der Waals surface area contributed by atoms with E-state index in [1.54, 1.807) is 36.4 Å². The van der Waals surface area contributed by atoms with Crippen molar-refractivity contribution in [1.29, 1.82) is 0 Å². The Hall–Kier alpha value is -2.80. The zero-order chi connectivity index (χ0) is 18.2. The van der Waals surface area contributed by atoms with Crippen molar-refractivity contribution < 1.29 is 18.7 Å². The van der Waals surface area contributed by atoms with Gasteiger partial charge in [0.05, 0.1) is 6.26 Å². The maximum atomic E-state index is 12.0. The lowest BCUT2D eigenvalue weighted by molar-refractivity contribution is -0.123. The van der Waals surface area contributed by atoms with Crippen LogP contribution in [0.4, 0.5) is 5.69 Å². The maximum absolute atomic E-state index is 12.0. The van der Waals surface area contributed by atoms with Gasteiger partial charge in [-0.1, -0.05) is 6.07 Å². The third kappa shape index (κ3) is 5.35. The Bertz CT molecular complexity index is 724. The molecule has 0 radical (unpaired) electrons. The molecule has 1 aliphatic rings. The van der Waals surface area contributed by atoms with E-state index in [0.717, 1.165) is 19.5 Å². The van der Waals surface area contributed by atoms with Crippen molar-refractivity contribution in [3.8, 4) is 5.75 Å². The zero-order valence-corrected chi connectivity index (χ0v) is 14.5. The second-order valence-corrected chi connectivity index (χ2v) is 6.25. The van der Waals surface area contributed by atoms with Crippen molar-refractivity contribution in [3.63, 3.8) is 0 Å². The summed E-state index contributed by atoms with van der Waals surface area (Å²) in [6.07, 6.45) is 3.59. The molecule has 2 aromatic rings. The van der Waals surface area contributed by atoms with Gasteiger partial charge in [-0.05, 0) is 56.1 Å². The van der Waals surface area contributed by atoms with E-state index in [1.165, 1.54) is 12.7 Å². The molecule has 3 rings (SSSR count). The Morgan fingerprint density at radius 1 is 1.27 bits per heavy atom. The van der Waals surface area contributed by atoms with Crippen LogP contribution in [-0.4, -0.2) is 38.1 Å². The minimum Gasteiger partial charge on any atom is -0.484 e. The molecular weight excluding hydrogens is 334 g/mol. The molecule has 1 unspecified atom stereocenters. The van der Waals surface area contributed by atoms with Gasteiger partial charge in [0.1, 0.15) is 5.75 Å². The molecule has 0 saturated carbocycles. The van der Waals surface area contributed by atoms with Gasteiger partial charge in [-0.25, -0.2) is 0 Å². The number of ether oxygens (including phenoxy) is 1. The summed E-state index contributed by atoms with van der Waals surface area (Å²) < 4.78 is 10.6. The molecular formula is C19H23N3O4. The van der Waals surface area contributed by atoms with Crippen LogP contribution in [0.3, 0.4) is 0 Å². The molecule has 1 aromatic heterocycles. The molecule has 2 heterocycles. The van der Waals surface area contributed by atoms with Crippen molar-refractivity contribution in [3.05, 3.63) is 48.4 Å². The summed E-state index contributed by atoms with van der Waals surface area (Å²) in [4.78, 5) is 23.8. The van der Waals surface area contributed by atoms with Gasteiger partial charge in [-0.15, -0.1) is 0 Å². The van der Waals surface area contributed by atoms with Gasteiger partial charge in [0.25, 0.3) is 11.8 Å². The first kappa shape index (κ1) is 18.0. The minimum absolute atomic E-state index is 0.0570. The van der Waals surface area contributed by atoms with Gasteiger partial charge >= 0.3 is 0 Å².